The summed E-state index contributed by atoms with van der Waals surface area (Å²) in [6.45, 7) is 10.2. The molecule has 1 aromatic carbocycles. The van der Waals surface area contributed by atoms with Crippen LogP contribution in [0.4, 0.5) is 5.69 Å². The quantitative estimate of drug-likeness (QED) is 0.840. The summed E-state index contributed by atoms with van der Waals surface area (Å²) < 4.78 is 0. The zero-order chi connectivity index (χ0) is 15.5. The van der Waals surface area contributed by atoms with Crippen LogP contribution in [0.25, 0.3) is 0 Å². The molecule has 1 atom stereocenters. The lowest BCUT2D eigenvalue weighted by molar-refractivity contribution is 0.222. The molecular weight excluding hydrogens is 256 g/mol. The van der Waals surface area contributed by atoms with E-state index in [-0.39, 0.29) is 0 Å². The maximum atomic E-state index is 3.47. The van der Waals surface area contributed by atoms with Gasteiger partial charge in [0.15, 0.2) is 0 Å². The topological polar surface area (TPSA) is 15.3 Å². The summed E-state index contributed by atoms with van der Waals surface area (Å²) in [4.78, 5) is 2.48. The number of nitrogens with one attached hydrogen (secondary N) is 1. The Hall–Kier alpha value is -1.02. The number of hydrogen-bond acceptors (Lipinski definition) is 2. The van der Waals surface area contributed by atoms with Crippen molar-refractivity contribution in [3.05, 3.63) is 29.8 Å². The standard InChI is InChI=1S/C19H32N2/c1-6-20-15(2)16-7-9-17(10-8-16)21(5)18-11-13-19(3,4)14-12-18/h7-10,15,18,20H,6,11-14H2,1-5H3. The molecule has 0 saturated heterocycles. The molecule has 1 aliphatic carbocycles. The molecule has 1 N–H and O–H groups in total. The zero-order valence-electron chi connectivity index (χ0n) is 14.4. The fraction of sp³-hybridized carbons (Fsp3) is 0.684. The lowest BCUT2D eigenvalue weighted by Crippen LogP contribution is -2.37. The van der Waals surface area contributed by atoms with Crippen LogP contribution in [0.15, 0.2) is 24.3 Å². The largest absolute Gasteiger partial charge is 0.372 e. The first-order valence-corrected chi connectivity index (χ1v) is 8.49. The minimum atomic E-state index is 0.435. The van der Waals surface area contributed by atoms with Gasteiger partial charge in [-0.15, -0.1) is 0 Å². The first kappa shape index (κ1) is 16.4. The van der Waals surface area contributed by atoms with Crippen molar-refractivity contribution in [2.45, 2.75) is 65.5 Å². The second-order valence-electron chi connectivity index (χ2n) is 7.38. The molecular formula is C19H32N2. The number of rotatable bonds is 5. The third-order valence-electron chi connectivity index (χ3n) is 5.17. The van der Waals surface area contributed by atoms with Crippen LogP contribution in [0.1, 0.15) is 65.0 Å². The lowest BCUT2D eigenvalue weighted by Gasteiger charge is -2.39. The highest BCUT2D eigenvalue weighted by molar-refractivity contribution is 5.48. The van der Waals surface area contributed by atoms with Gasteiger partial charge in [0.25, 0.3) is 0 Å². The van der Waals surface area contributed by atoms with Gasteiger partial charge in [0.05, 0.1) is 0 Å². The van der Waals surface area contributed by atoms with Crippen molar-refractivity contribution in [2.24, 2.45) is 5.41 Å². The Balaban J connectivity index is 1.98. The summed E-state index contributed by atoms with van der Waals surface area (Å²) in [5, 5.41) is 3.47. The van der Waals surface area contributed by atoms with Crippen LogP contribution in [-0.4, -0.2) is 19.6 Å². The van der Waals surface area contributed by atoms with Crippen LogP contribution in [0.3, 0.4) is 0 Å². The van der Waals surface area contributed by atoms with Gasteiger partial charge in [-0.25, -0.2) is 0 Å². The van der Waals surface area contributed by atoms with Crippen molar-refractivity contribution in [1.82, 2.24) is 5.32 Å². The Labute approximate surface area is 130 Å². The second kappa shape index (κ2) is 6.83. The average Bonchev–Trinajstić information content (AvgIpc) is 2.47. The van der Waals surface area contributed by atoms with Crippen LogP contribution in [-0.2, 0) is 0 Å². The molecule has 0 radical (unpaired) electrons. The Kier molecular flexibility index (Phi) is 5.32. The molecule has 118 valence electrons. The summed E-state index contributed by atoms with van der Waals surface area (Å²) in [7, 11) is 2.26. The lowest BCUT2D eigenvalue weighted by atomic mass is 9.75. The molecule has 21 heavy (non-hydrogen) atoms. The Morgan fingerprint density at radius 1 is 1.19 bits per heavy atom. The number of benzene rings is 1. The summed E-state index contributed by atoms with van der Waals surface area (Å²) in [5.74, 6) is 0. The van der Waals surface area contributed by atoms with Gasteiger partial charge in [-0.1, -0.05) is 32.9 Å². The normalized spacial score (nSPS) is 20.2. The van der Waals surface area contributed by atoms with Gasteiger partial charge < -0.3 is 10.2 Å². The van der Waals surface area contributed by atoms with Gasteiger partial charge in [0, 0.05) is 24.8 Å². The van der Waals surface area contributed by atoms with Gasteiger partial charge >= 0.3 is 0 Å². The molecule has 0 amide bonds. The number of nitrogens with zero attached hydrogens (tertiary/aromatic N) is 1. The Bertz CT molecular complexity index is 425. The molecule has 1 aliphatic rings. The number of anilines is 1. The molecule has 2 rings (SSSR count). The molecule has 0 bridgehead atoms. The molecule has 0 heterocycles. The van der Waals surface area contributed by atoms with E-state index in [0.29, 0.717) is 17.5 Å². The van der Waals surface area contributed by atoms with Crippen molar-refractivity contribution in [3.8, 4) is 0 Å². The summed E-state index contributed by atoms with van der Waals surface area (Å²) in [6.07, 6.45) is 5.33. The van der Waals surface area contributed by atoms with Gasteiger partial charge in [-0.05, 0) is 62.3 Å². The zero-order valence-corrected chi connectivity index (χ0v) is 14.4. The first-order chi connectivity index (χ1) is 9.93. The molecule has 0 aliphatic heterocycles. The van der Waals surface area contributed by atoms with Crippen molar-refractivity contribution in [2.75, 3.05) is 18.5 Å². The second-order valence-corrected chi connectivity index (χ2v) is 7.38. The van der Waals surface area contributed by atoms with E-state index in [0.717, 1.165) is 6.54 Å². The number of hydrogen-bond donors (Lipinski definition) is 1. The van der Waals surface area contributed by atoms with E-state index in [9.17, 15) is 0 Å². The predicted molar refractivity (Wildman–Crippen MR) is 93.0 cm³/mol. The Morgan fingerprint density at radius 2 is 1.76 bits per heavy atom. The van der Waals surface area contributed by atoms with Gasteiger partial charge in [0.1, 0.15) is 0 Å². The van der Waals surface area contributed by atoms with Gasteiger partial charge in [-0.2, -0.15) is 0 Å². The molecule has 1 saturated carbocycles. The predicted octanol–water partition coefficient (Wildman–Crippen LogP) is 4.76. The van der Waals surface area contributed by atoms with E-state index in [1.165, 1.54) is 36.9 Å². The third-order valence-corrected chi connectivity index (χ3v) is 5.17. The smallest absolute Gasteiger partial charge is 0.0366 e. The fourth-order valence-electron chi connectivity index (χ4n) is 3.40. The monoisotopic (exact) mass is 288 g/mol. The van der Waals surface area contributed by atoms with E-state index in [2.05, 4.69) is 69.2 Å². The summed E-state index contributed by atoms with van der Waals surface area (Å²) in [5.41, 5.74) is 3.27. The molecule has 0 aromatic heterocycles. The molecule has 0 spiro atoms. The molecule has 1 unspecified atom stereocenters. The molecule has 1 aromatic rings. The third kappa shape index (κ3) is 4.23. The van der Waals surface area contributed by atoms with Crippen molar-refractivity contribution in [1.29, 1.82) is 0 Å². The summed E-state index contributed by atoms with van der Waals surface area (Å²) >= 11 is 0. The van der Waals surface area contributed by atoms with Crippen LogP contribution >= 0.6 is 0 Å². The van der Waals surface area contributed by atoms with Crippen LogP contribution in [0.5, 0.6) is 0 Å². The van der Waals surface area contributed by atoms with Crippen molar-refractivity contribution in [3.63, 3.8) is 0 Å². The minimum Gasteiger partial charge on any atom is -0.372 e. The highest BCUT2D eigenvalue weighted by Crippen LogP contribution is 2.37. The fourth-order valence-corrected chi connectivity index (χ4v) is 3.40. The van der Waals surface area contributed by atoms with E-state index >= 15 is 0 Å². The van der Waals surface area contributed by atoms with Crippen LogP contribution in [0, 0.1) is 5.41 Å². The van der Waals surface area contributed by atoms with Gasteiger partial charge in [-0.3, -0.25) is 0 Å². The average molecular weight is 288 g/mol. The van der Waals surface area contributed by atoms with E-state index in [4.69, 9.17) is 0 Å². The van der Waals surface area contributed by atoms with Crippen LogP contribution in [0.2, 0.25) is 0 Å². The molecule has 2 heteroatoms. The van der Waals surface area contributed by atoms with E-state index in [1.807, 2.05) is 0 Å². The van der Waals surface area contributed by atoms with Crippen molar-refractivity contribution < 1.29 is 0 Å². The van der Waals surface area contributed by atoms with Crippen LogP contribution < -0.4 is 10.2 Å². The minimum absolute atomic E-state index is 0.435. The van der Waals surface area contributed by atoms with E-state index < -0.39 is 0 Å². The highest BCUT2D eigenvalue weighted by atomic mass is 15.1. The SMILES string of the molecule is CCNC(C)c1ccc(N(C)C2CCC(C)(C)CC2)cc1. The van der Waals surface area contributed by atoms with Crippen molar-refractivity contribution >= 4 is 5.69 Å². The van der Waals surface area contributed by atoms with Gasteiger partial charge in [0.2, 0.25) is 0 Å². The maximum Gasteiger partial charge on any atom is 0.0366 e. The Morgan fingerprint density at radius 3 is 2.29 bits per heavy atom. The summed E-state index contributed by atoms with van der Waals surface area (Å²) in [6, 6.07) is 10.2. The maximum absolute atomic E-state index is 3.47. The molecule has 2 nitrogen and oxygen atoms in total. The van der Waals surface area contributed by atoms with E-state index in [1.54, 1.807) is 0 Å². The highest BCUT2D eigenvalue weighted by Gasteiger charge is 2.28. The first-order valence-electron chi connectivity index (χ1n) is 8.49. The molecule has 1 fully saturated rings.